The summed E-state index contributed by atoms with van der Waals surface area (Å²) in [6.07, 6.45) is 5.60. The Kier molecular flexibility index (Phi) is 10.5. The quantitative estimate of drug-likeness (QED) is 0.168. The van der Waals surface area contributed by atoms with Crippen LogP contribution < -0.4 is 9.64 Å². The molecule has 1 heterocycles. The molecule has 0 unspecified atom stereocenters. The van der Waals surface area contributed by atoms with E-state index in [1.165, 1.54) is 6.07 Å². The number of ether oxygens (including phenoxy) is 1. The van der Waals surface area contributed by atoms with Crippen molar-refractivity contribution in [2.75, 3.05) is 11.9 Å². The Morgan fingerprint density at radius 3 is 2.38 bits per heavy atom. The number of hydrogen-bond acceptors (Lipinski definition) is 4. The average Bonchev–Trinajstić information content (AvgIpc) is 3.46. The number of carboxylic acid groups (broad SMARTS) is 1. The number of carboxylic acids is 1. The molecule has 4 aromatic carbocycles. The molecule has 0 spiro atoms. The lowest BCUT2D eigenvalue weighted by atomic mass is 9.94. The molecular weight excluding hydrogens is 640 g/mol. The summed E-state index contributed by atoms with van der Waals surface area (Å²) in [5.74, 6) is -0.697. The molecule has 1 aromatic heterocycles. The van der Waals surface area contributed by atoms with Crippen LogP contribution in [0.25, 0.3) is 33.5 Å². The van der Waals surface area contributed by atoms with Crippen LogP contribution in [0.15, 0.2) is 78.9 Å². The third kappa shape index (κ3) is 7.14. The molecule has 5 aromatic rings. The number of carbonyl (C=O) groups is 2. The van der Waals surface area contributed by atoms with Crippen molar-refractivity contribution in [3.8, 4) is 28.3 Å². The van der Waals surface area contributed by atoms with Gasteiger partial charge in [0.25, 0.3) is 0 Å². The van der Waals surface area contributed by atoms with Crippen LogP contribution in [0.4, 0.5) is 10.1 Å². The molecule has 1 aliphatic rings. The number of amides is 1. The van der Waals surface area contributed by atoms with Gasteiger partial charge >= 0.3 is 5.97 Å². The highest BCUT2D eigenvalue weighted by Crippen LogP contribution is 2.38. The van der Waals surface area contributed by atoms with Gasteiger partial charge in [-0.2, -0.15) is 0 Å². The minimum atomic E-state index is -1.03. The molecule has 0 radical (unpaired) electrons. The van der Waals surface area contributed by atoms with Crippen molar-refractivity contribution >= 4 is 52.6 Å². The van der Waals surface area contributed by atoms with Crippen molar-refractivity contribution < 1.29 is 23.8 Å². The minimum Gasteiger partial charge on any atom is -0.489 e. The van der Waals surface area contributed by atoms with E-state index in [2.05, 4.69) is 4.57 Å². The van der Waals surface area contributed by atoms with Crippen LogP contribution in [-0.2, 0) is 11.4 Å². The number of aromatic carboxylic acids is 1. The third-order valence-electron chi connectivity index (χ3n) is 8.76. The largest absolute Gasteiger partial charge is 0.489 e. The predicted octanol–water partition coefficient (Wildman–Crippen LogP) is 9.74. The van der Waals surface area contributed by atoms with Gasteiger partial charge < -0.3 is 19.3 Å². The van der Waals surface area contributed by atoms with Gasteiger partial charge in [-0.1, -0.05) is 56.0 Å². The van der Waals surface area contributed by atoms with Crippen LogP contribution in [0.1, 0.15) is 67.4 Å². The Labute approximate surface area is 284 Å². The fourth-order valence-electron chi connectivity index (χ4n) is 6.26. The SMILES string of the molecule is CCC(=O)N(C)c1ccc(-c2ccc(Cl)cc2)c(COc2ccc(-c3nc4cc(C(=O)O)ccc4n3C3CCCCC3)c(F)c2)c1.Cl. The first kappa shape index (κ1) is 33.9. The zero-order valence-corrected chi connectivity index (χ0v) is 27.8. The van der Waals surface area contributed by atoms with E-state index in [-0.39, 0.29) is 36.5 Å². The molecule has 10 heteroatoms. The third-order valence-corrected chi connectivity index (χ3v) is 9.01. The summed E-state index contributed by atoms with van der Waals surface area (Å²) in [6, 6.07) is 23.1. The molecular formula is C37H36Cl2FN3O4. The maximum Gasteiger partial charge on any atom is 0.335 e. The number of hydrogen-bond donors (Lipinski definition) is 1. The van der Waals surface area contributed by atoms with Gasteiger partial charge in [-0.25, -0.2) is 14.2 Å². The molecule has 0 aliphatic heterocycles. The van der Waals surface area contributed by atoms with Gasteiger partial charge in [-0.3, -0.25) is 4.79 Å². The number of anilines is 1. The Morgan fingerprint density at radius 1 is 0.979 bits per heavy atom. The van der Waals surface area contributed by atoms with Crippen LogP contribution in [0.3, 0.4) is 0 Å². The van der Waals surface area contributed by atoms with Crippen LogP contribution in [0.5, 0.6) is 5.75 Å². The van der Waals surface area contributed by atoms with Gasteiger partial charge in [-0.15, -0.1) is 12.4 Å². The number of rotatable bonds is 9. The van der Waals surface area contributed by atoms with E-state index in [4.69, 9.17) is 21.3 Å². The van der Waals surface area contributed by atoms with Crippen molar-refractivity contribution in [3.63, 3.8) is 0 Å². The highest BCUT2D eigenvalue weighted by molar-refractivity contribution is 6.30. The standard InChI is InChI=1S/C37H35ClFN3O4.ClH/c1-3-35(43)41(2)28-14-16-30(23-9-12-26(38)13-10-23)25(19-28)22-46-29-15-17-31(32(39)21-29)36-40-33-20-24(37(44)45)11-18-34(33)42(36)27-7-5-4-6-8-27;/h9-21,27H,3-8,22H2,1-2H3,(H,44,45);1H. The van der Waals surface area contributed by atoms with Crippen molar-refractivity contribution in [3.05, 3.63) is 101 Å². The minimum absolute atomic E-state index is 0. The topological polar surface area (TPSA) is 84.7 Å². The van der Waals surface area contributed by atoms with Gasteiger partial charge in [0.15, 0.2) is 0 Å². The van der Waals surface area contributed by atoms with Crippen molar-refractivity contribution in [2.45, 2.75) is 58.1 Å². The van der Waals surface area contributed by atoms with E-state index in [0.29, 0.717) is 34.1 Å². The Hall–Kier alpha value is -4.40. The van der Waals surface area contributed by atoms with E-state index < -0.39 is 11.8 Å². The molecule has 1 N–H and O–H groups in total. The van der Waals surface area contributed by atoms with E-state index in [0.717, 1.165) is 60.0 Å². The monoisotopic (exact) mass is 675 g/mol. The van der Waals surface area contributed by atoms with E-state index >= 15 is 4.39 Å². The van der Waals surface area contributed by atoms with Crippen LogP contribution in [-0.4, -0.2) is 33.6 Å². The highest BCUT2D eigenvalue weighted by atomic mass is 35.5. The van der Waals surface area contributed by atoms with Crippen LogP contribution >= 0.6 is 24.0 Å². The van der Waals surface area contributed by atoms with Crippen LogP contribution in [0.2, 0.25) is 5.02 Å². The first-order valence-corrected chi connectivity index (χ1v) is 15.9. The molecule has 47 heavy (non-hydrogen) atoms. The summed E-state index contributed by atoms with van der Waals surface area (Å²) in [6.45, 7) is 1.96. The van der Waals surface area contributed by atoms with E-state index in [1.54, 1.807) is 42.3 Å². The zero-order chi connectivity index (χ0) is 32.4. The summed E-state index contributed by atoms with van der Waals surface area (Å²) in [7, 11) is 1.74. The maximum absolute atomic E-state index is 15.9. The number of carbonyl (C=O) groups excluding carboxylic acids is 1. The predicted molar refractivity (Wildman–Crippen MR) is 186 cm³/mol. The lowest BCUT2D eigenvalue weighted by Gasteiger charge is -2.25. The number of imidazole rings is 1. The maximum atomic E-state index is 15.9. The molecule has 1 amide bonds. The molecule has 0 bridgehead atoms. The fraction of sp³-hybridized carbons (Fsp3) is 0.270. The molecule has 0 saturated heterocycles. The summed E-state index contributed by atoms with van der Waals surface area (Å²) < 4.78 is 24.2. The van der Waals surface area contributed by atoms with Crippen molar-refractivity contribution in [1.82, 2.24) is 9.55 Å². The number of fused-ring (bicyclic) bond motifs is 1. The van der Waals surface area contributed by atoms with Crippen molar-refractivity contribution in [1.29, 1.82) is 0 Å². The zero-order valence-electron chi connectivity index (χ0n) is 26.2. The second-order valence-electron chi connectivity index (χ2n) is 11.7. The van der Waals surface area contributed by atoms with Crippen molar-refractivity contribution in [2.24, 2.45) is 0 Å². The molecule has 1 aliphatic carbocycles. The van der Waals surface area contributed by atoms with E-state index in [1.807, 2.05) is 49.4 Å². The van der Waals surface area contributed by atoms with Gasteiger partial charge in [0.05, 0.1) is 22.2 Å². The second kappa shape index (κ2) is 14.6. The van der Waals surface area contributed by atoms with Gasteiger partial charge in [0.1, 0.15) is 24.0 Å². The first-order chi connectivity index (χ1) is 22.2. The number of nitrogens with zero attached hydrogens (tertiary/aromatic N) is 3. The Bertz CT molecular complexity index is 1920. The summed E-state index contributed by atoms with van der Waals surface area (Å²) in [5, 5.41) is 10.2. The van der Waals surface area contributed by atoms with E-state index in [9.17, 15) is 14.7 Å². The smallest absolute Gasteiger partial charge is 0.335 e. The summed E-state index contributed by atoms with van der Waals surface area (Å²) in [4.78, 5) is 30.4. The lowest BCUT2D eigenvalue weighted by molar-refractivity contribution is -0.118. The normalized spacial score (nSPS) is 13.3. The molecule has 1 fully saturated rings. The van der Waals surface area contributed by atoms with Crippen LogP contribution in [0, 0.1) is 5.82 Å². The molecule has 0 atom stereocenters. The Balaban J connectivity index is 0.00000433. The summed E-state index contributed by atoms with van der Waals surface area (Å²) >= 11 is 6.13. The van der Waals surface area contributed by atoms with Gasteiger partial charge in [-0.05, 0) is 84.1 Å². The van der Waals surface area contributed by atoms with Gasteiger partial charge in [0.2, 0.25) is 5.91 Å². The number of aromatic nitrogens is 2. The molecule has 6 rings (SSSR count). The number of benzene rings is 4. The average molecular weight is 677 g/mol. The number of halogens is 3. The first-order valence-electron chi connectivity index (χ1n) is 15.6. The highest BCUT2D eigenvalue weighted by Gasteiger charge is 2.25. The molecule has 7 nitrogen and oxygen atoms in total. The van der Waals surface area contributed by atoms with Gasteiger partial charge in [0, 0.05) is 36.3 Å². The molecule has 1 saturated carbocycles. The molecule has 244 valence electrons. The second-order valence-corrected chi connectivity index (χ2v) is 12.1. The summed E-state index contributed by atoms with van der Waals surface area (Å²) in [5.41, 5.74) is 5.21. The Morgan fingerprint density at radius 2 is 1.70 bits per heavy atom. The lowest BCUT2D eigenvalue weighted by Crippen LogP contribution is -2.25. The fourth-order valence-corrected chi connectivity index (χ4v) is 6.39.